The largest absolute Gasteiger partial charge is 0.490 e. The van der Waals surface area contributed by atoms with E-state index < -0.39 is 5.41 Å². The summed E-state index contributed by atoms with van der Waals surface area (Å²) in [5, 5.41) is 4.61. The van der Waals surface area contributed by atoms with Crippen molar-refractivity contribution in [3.05, 3.63) is 35.7 Å². The summed E-state index contributed by atoms with van der Waals surface area (Å²) in [4.78, 5) is 14.6. The van der Waals surface area contributed by atoms with Crippen molar-refractivity contribution in [2.45, 2.75) is 63.5 Å². The lowest BCUT2D eigenvalue weighted by molar-refractivity contribution is 0.143. The zero-order valence-electron chi connectivity index (χ0n) is 19.1. The first-order valence-corrected chi connectivity index (χ1v) is 12.7. The smallest absolute Gasteiger partial charge is 0.131 e. The molecule has 2 aliphatic rings. The SMILES string of the molecule is CSCCCO/N=C1\c2cc(OC3CCC(N)CC3)ccc2-c2ncnc(N)c2C1(C)C. The van der Waals surface area contributed by atoms with Crippen LogP contribution in [0.25, 0.3) is 11.3 Å². The molecule has 1 fully saturated rings. The summed E-state index contributed by atoms with van der Waals surface area (Å²) in [6, 6.07) is 6.41. The molecule has 4 rings (SSSR count). The molecule has 0 radical (unpaired) electrons. The van der Waals surface area contributed by atoms with Crippen molar-refractivity contribution in [1.29, 1.82) is 0 Å². The average Bonchev–Trinajstić information content (AvgIpc) is 2.77. The Labute approximate surface area is 194 Å². The number of fused-ring (bicyclic) bond motifs is 3. The van der Waals surface area contributed by atoms with E-state index in [2.05, 4.69) is 41.3 Å². The molecular formula is C24H33N5O2S. The molecule has 0 aliphatic heterocycles. The first kappa shape index (κ1) is 22.9. The summed E-state index contributed by atoms with van der Waals surface area (Å²) in [5.41, 5.74) is 16.3. The second-order valence-corrected chi connectivity index (χ2v) is 10.1. The second-order valence-electron chi connectivity index (χ2n) is 9.09. The molecule has 8 heteroatoms. The van der Waals surface area contributed by atoms with E-state index >= 15 is 0 Å². The third kappa shape index (κ3) is 4.57. The van der Waals surface area contributed by atoms with Crippen LogP contribution in [0.1, 0.15) is 57.1 Å². The fourth-order valence-corrected chi connectivity index (χ4v) is 5.02. The van der Waals surface area contributed by atoms with E-state index in [9.17, 15) is 0 Å². The Morgan fingerprint density at radius 1 is 1.16 bits per heavy atom. The van der Waals surface area contributed by atoms with Gasteiger partial charge < -0.3 is 21.0 Å². The molecule has 0 amide bonds. The Balaban J connectivity index is 1.71. The average molecular weight is 456 g/mol. The predicted octanol–water partition coefficient (Wildman–Crippen LogP) is 4.14. The number of rotatable bonds is 7. The predicted molar refractivity (Wildman–Crippen MR) is 131 cm³/mol. The standard InChI is InChI=1S/C24H33N5O2S/c1-24(2)20-21(27-14-28-23(20)26)18-10-9-17(31-16-7-5-15(25)6-8-16)13-19(18)22(24)29-30-11-4-12-32-3/h9-10,13-16H,4-8,11-12,25H2,1-3H3,(H2,26,27,28)/b29-22+. The Kier molecular flexibility index (Phi) is 6.90. The van der Waals surface area contributed by atoms with Crippen LogP contribution in [-0.2, 0) is 10.3 Å². The quantitative estimate of drug-likeness (QED) is 0.477. The fourth-order valence-electron chi connectivity index (χ4n) is 4.61. The summed E-state index contributed by atoms with van der Waals surface area (Å²) in [6.45, 7) is 4.76. The molecular weight excluding hydrogens is 422 g/mol. The highest BCUT2D eigenvalue weighted by molar-refractivity contribution is 7.98. The molecule has 1 aromatic carbocycles. The van der Waals surface area contributed by atoms with Crippen molar-refractivity contribution in [3.8, 4) is 17.0 Å². The number of ether oxygens (including phenoxy) is 1. The van der Waals surface area contributed by atoms with Gasteiger partial charge in [-0.15, -0.1) is 0 Å². The highest BCUT2D eigenvalue weighted by Gasteiger charge is 2.41. The van der Waals surface area contributed by atoms with Crippen molar-refractivity contribution in [3.63, 3.8) is 0 Å². The number of hydrogen-bond acceptors (Lipinski definition) is 8. The van der Waals surface area contributed by atoms with Crippen LogP contribution in [0.15, 0.2) is 29.7 Å². The third-order valence-corrected chi connectivity index (χ3v) is 7.05. The Hall–Kier alpha value is -2.32. The Bertz CT molecular complexity index is 986. The lowest BCUT2D eigenvalue weighted by Gasteiger charge is -2.35. The highest BCUT2D eigenvalue weighted by atomic mass is 32.2. The molecule has 172 valence electrons. The van der Waals surface area contributed by atoms with E-state index in [0.717, 1.165) is 71.7 Å². The van der Waals surface area contributed by atoms with Gasteiger partial charge in [0.25, 0.3) is 0 Å². The van der Waals surface area contributed by atoms with Crippen LogP contribution in [-0.4, -0.2) is 46.4 Å². The van der Waals surface area contributed by atoms with Gasteiger partial charge in [0.2, 0.25) is 0 Å². The van der Waals surface area contributed by atoms with Crippen molar-refractivity contribution >= 4 is 23.3 Å². The van der Waals surface area contributed by atoms with Gasteiger partial charge in [-0.1, -0.05) is 5.16 Å². The number of nitrogen functional groups attached to an aromatic ring is 1. The molecule has 7 nitrogen and oxygen atoms in total. The van der Waals surface area contributed by atoms with Crippen LogP contribution in [0, 0.1) is 0 Å². The van der Waals surface area contributed by atoms with Crippen LogP contribution in [0.5, 0.6) is 5.75 Å². The Morgan fingerprint density at radius 2 is 1.94 bits per heavy atom. The topological polar surface area (TPSA) is 109 Å². The number of nitrogens with two attached hydrogens (primary N) is 2. The van der Waals surface area contributed by atoms with Crippen LogP contribution in [0.4, 0.5) is 5.82 Å². The van der Waals surface area contributed by atoms with Crippen LogP contribution in [0.3, 0.4) is 0 Å². The van der Waals surface area contributed by atoms with Crippen molar-refractivity contribution < 1.29 is 9.57 Å². The number of aromatic nitrogens is 2. The van der Waals surface area contributed by atoms with Gasteiger partial charge in [-0.2, -0.15) is 11.8 Å². The molecule has 0 bridgehead atoms. The van der Waals surface area contributed by atoms with Gasteiger partial charge in [0.15, 0.2) is 0 Å². The van der Waals surface area contributed by atoms with E-state index in [1.54, 1.807) is 11.8 Å². The first-order valence-electron chi connectivity index (χ1n) is 11.3. The van der Waals surface area contributed by atoms with Crippen LogP contribution < -0.4 is 16.2 Å². The molecule has 0 unspecified atom stereocenters. The van der Waals surface area contributed by atoms with Crippen molar-refractivity contribution in [2.24, 2.45) is 10.9 Å². The number of hydrogen-bond donors (Lipinski definition) is 2. The lowest BCUT2D eigenvalue weighted by Crippen LogP contribution is -2.36. The molecule has 0 saturated heterocycles. The van der Waals surface area contributed by atoms with Gasteiger partial charge in [0.05, 0.1) is 17.5 Å². The minimum Gasteiger partial charge on any atom is -0.490 e. The van der Waals surface area contributed by atoms with Crippen molar-refractivity contribution in [2.75, 3.05) is 24.3 Å². The van der Waals surface area contributed by atoms with E-state index in [0.29, 0.717) is 18.5 Å². The zero-order chi connectivity index (χ0) is 22.7. The minimum absolute atomic E-state index is 0.192. The normalized spacial score (nSPS) is 22.8. The van der Waals surface area contributed by atoms with Gasteiger partial charge in [-0.25, -0.2) is 9.97 Å². The molecule has 4 N–H and O–H groups in total. The summed E-state index contributed by atoms with van der Waals surface area (Å²) < 4.78 is 6.34. The van der Waals surface area contributed by atoms with Gasteiger partial charge >= 0.3 is 0 Å². The zero-order valence-corrected chi connectivity index (χ0v) is 20.0. The maximum Gasteiger partial charge on any atom is 0.131 e. The number of benzene rings is 1. The maximum atomic E-state index is 6.34. The van der Waals surface area contributed by atoms with E-state index in [4.69, 9.17) is 21.0 Å². The molecule has 1 aromatic heterocycles. The van der Waals surface area contributed by atoms with Gasteiger partial charge in [0.1, 0.15) is 24.5 Å². The number of nitrogens with zero attached hydrogens (tertiary/aromatic N) is 3. The molecule has 0 spiro atoms. The maximum absolute atomic E-state index is 6.34. The molecule has 1 saturated carbocycles. The Morgan fingerprint density at radius 3 is 2.69 bits per heavy atom. The lowest BCUT2D eigenvalue weighted by atomic mass is 9.70. The first-order chi connectivity index (χ1) is 15.4. The van der Waals surface area contributed by atoms with Crippen LogP contribution >= 0.6 is 11.8 Å². The van der Waals surface area contributed by atoms with Crippen molar-refractivity contribution in [1.82, 2.24) is 9.97 Å². The van der Waals surface area contributed by atoms with Crippen LogP contribution in [0.2, 0.25) is 0 Å². The second kappa shape index (κ2) is 9.67. The molecule has 32 heavy (non-hydrogen) atoms. The van der Waals surface area contributed by atoms with E-state index in [1.165, 1.54) is 6.33 Å². The van der Waals surface area contributed by atoms with Gasteiger partial charge in [-0.3, -0.25) is 0 Å². The van der Waals surface area contributed by atoms with E-state index in [-0.39, 0.29) is 6.10 Å². The molecule has 2 aliphatic carbocycles. The molecule has 2 aromatic rings. The summed E-state index contributed by atoms with van der Waals surface area (Å²) in [7, 11) is 0. The highest BCUT2D eigenvalue weighted by Crippen LogP contribution is 2.45. The monoisotopic (exact) mass is 455 g/mol. The van der Waals surface area contributed by atoms with E-state index in [1.807, 2.05) is 12.1 Å². The summed E-state index contributed by atoms with van der Waals surface area (Å²) in [6.07, 6.45) is 8.72. The minimum atomic E-state index is -0.511. The third-order valence-electron chi connectivity index (χ3n) is 6.36. The van der Waals surface area contributed by atoms with Gasteiger partial charge in [0, 0.05) is 28.1 Å². The van der Waals surface area contributed by atoms with Gasteiger partial charge in [-0.05, 0) is 76.2 Å². The number of oxime groups is 1. The number of thioether (sulfide) groups is 1. The summed E-state index contributed by atoms with van der Waals surface area (Å²) >= 11 is 1.80. The molecule has 1 heterocycles. The number of anilines is 1. The summed E-state index contributed by atoms with van der Waals surface area (Å²) in [5.74, 6) is 2.34. The fraction of sp³-hybridized carbons (Fsp3) is 0.542. The molecule has 0 atom stereocenters.